The van der Waals surface area contributed by atoms with Crippen molar-refractivity contribution in [2.45, 2.75) is 22.1 Å². The van der Waals surface area contributed by atoms with Crippen LogP contribution in [0.25, 0.3) is 11.4 Å². The quantitative estimate of drug-likeness (QED) is 0.166. The highest BCUT2D eigenvalue weighted by molar-refractivity contribution is 8.76. The summed E-state index contributed by atoms with van der Waals surface area (Å²) in [6, 6.07) is 4.56. The van der Waals surface area contributed by atoms with Gasteiger partial charge in [0.25, 0.3) is 0 Å². The first kappa shape index (κ1) is 31.1. The summed E-state index contributed by atoms with van der Waals surface area (Å²) in [5.74, 6) is -3.78. The highest BCUT2D eigenvalue weighted by Crippen LogP contribution is 2.47. The molecule has 2 aromatic heterocycles. The molecule has 0 radical (unpaired) electrons. The van der Waals surface area contributed by atoms with Crippen LogP contribution in [0.15, 0.2) is 34.1 Å². The SMILES string of the molecule is N#Cc1nn(-c2c(F)cc(C(F)(F)F)cc2Cl)c(N)c1SSc1c(C#N)nn(-c2c(F)cc(C(F)(F)F)cc2Cl)c1N. The molecule has 0 unspecified atom stereocenters. The topological polar surface area (TPSA) is 135 Å². The molecule has 0 aliphatic rings. The second-order valence-electron chi connectivity index (χ2n) is 7.91. The Morgan fingerprint density at radius 2 is 1.02 bits per heavy atom. The number of hydrogen-bond acceptors (Lipinski definition) is 8. The number of hydrogen-bond donors (Lipinski definition) is 2. The standard InChI is InChI=1S/C22H8Cl2F8N8S2/c23-9-1-7(21(27,28)29)3-11(25)15(9)39-19(35)17(13(5-33)37-39)41-42-18-14(6-34)38-40(20(18)36)16-10(24)2-8(4-12(16)26)22(30,31)32/h1-4H,35-36H2. The number of halogens is 10. The van der Waals surface area contributed by atoms with Gasteiger partial charge in [0, 0.05) is 0 Å². The molecule has 0 amide bonds. The van der Waals surface area contributed by atoms with E-state index in [-0.39, 0.29) is 21.9 Å². The first-order valence-corrected chi connectivity index (χ1v) is 13.4. The van der Waals surface area contributed by atoms with Gasteiger partial charge in [-0.3, -0.25) is 0 Å². The fraction of sp³-hybridized carbons (Fsp3) is 0.0909. The van der Waals surface area contributed by atoms with Gasteiger partial charge in [-0.15, -0.1) is 0 Å². The van der Waals surface area contributed by atoms with Gasteiger partial charge in [0.05, 0.1) is 31.0 Å². The van der Waals surface area contributed by atoms with Crippen molar-refractivity contribution in [2.75, 3.05) is 11.5 Å². The summed E-state index contributed by atoms with van der Waals surface area (Å²) in [4.78, 5) is -0.319. The molecule has 2 heterocycles. The summed E-state index contributed by atoms with van der Waals surface area (Å²) in [6.07, 6.45) is -9.82. The van der Waals surface area contributed by atoms with Crippen LogP contribution < -0.4 is 11.5 Å². The van der Waals surface area contributed by atoms with E-state index in [4.69, 9.17) is 34.7 Å². The van der Waals surface area contributed by atoms with Crippen LogP contribution in [0.3, 0.4) is 0 Å². The summed E-state index contributed by atoms with van der Waals surface area (Å²) >= 11 is 11.8. The highest BCUT2D eigenvalue weighted by Gasteiger charge is 2.35. The summed E-state index contributed by atoms with van der Waals surface area (Å²) < 4.78 is 109. The summed E-state index contributed by atoms with van der Waals surface area (Å²) in [5, 5.41) is 25.2. The van der Waals surface area contributed by atoms with E-state index in [1.165, 1.54) is 0 Å². The molecule has 42 heavy (non-hydrogen) atoms. The number of aromatic nitrogens is 4. The summed E-state index contributed by atoms with van der Waals surface area (Å²) in [7, 11) is 1.27. The number of anilines is 2. The molecule has 0 aliphatic carbocycles. The maximum absolute atomic E-state index is 14.7. The normalized spacial score (nSPS) is 11.9. The van der Waals surface area contributed by atoms with E-state index < -0.39 is 79.6 Å². The molecule has 0 bridgehead atoms. The van der Waals surface area contributed by atoms with E-state index in [1.54, 1.807) is 12.1 Å². The number of benzene rings is 2. The molecule has 0 atom stereocenters. The van der Waals surface area contributed by atoms with Crippen LogP contribution >= 0.6 is 44.8 Å². The van der Waals surface area contributed by atoms with Crippen molar-refractivity contribution >= 4 is 56.4 Å². The van der Waals surface area contributed by atoms with Gasteiger partial charge in [-0.1, -0.05) is 23.2 Å². The van der Waals surface area contributed by atoms with Crippen LogP contribution in [-0.2, 0) is 12.4 Å². The molecule has 2 aromatic carbocycles. The van der Waals surface area contributed by atoms with Gasteiger partial charge in [-0.05, 0) is 45.9 Å². The lowest BCUT2D eigenvalue weighted by molar-refractivity contribution is -0.138. The van der Waals surface area contributed by atoms with Crippen molar-refractivity contribution < 1.29 is 35.1 Å². The van der Waals surface area contributed by atoms with Gasteiger partial charge in [-0.2, -0.15) is 47.1 Å². The molecule has 4 rings (SSSR count). The lowest BCUT2D eigenvalue weighted by atomic mass is 10.2. The van der Waals surface area contributed by atoms with Crippen LogP contribution in [0.1, 0.15) is 22.5 Å². The monoisotopic (exact) mass is 670 g/mol. The minimum Gasteiger partial charge on any atom is -0.383 e. The van der Waals surface area contributed by atoms with Crippen molar-refractivity contribution in [1.29, 1.82) is 10.5 Å². The molecule has 0 spiro atoms. The van der Waals surface area contributed by atoms with Crippen LogP contribution in [-0.4, -0.2) is 19.6 Å². The van der Waals surface area contributed by atoms with Crippen molar-refractivity contribution in [3.05, 3.63) is 68.5 Å². The predicted octanol–water partition coefficient (Wildman–Crippen LogP) is 7.39. The molecule has 0 aliphatic heterocycles. The fourth-order valence-corrected chi connectivity index (χ4v) is 6.33. The molecule has 0 saturated carbocycles. The Morgan fingerprint density at radius 3 is 1.29 bits per heavy atom. The van der Waals surface area contributed by atoms with Crippen molar-refractivity contribution in [3.63, 3.8) is 0 Å². The Balaban J connectivity index is 1.74. The molecular weight excluding hydrogens is 663 g/mol. The maximum atomic E-state index is 14.7. The molecule has 4 aromatic rings. The zero-order chi connectivity index (χ0) is 31.3. The second-order valence-corrected chi connectivity index (χ2v) is 10.9. The zero-order valence-corrected chi connectivity index (χ0v) is 22.9. The summed E-state index contributed by atoms with van der Waals surface area (Å²) in [5.41, 5.74) is 7.05. The van der Waals surface area contributed by atoms with E-state index >= 15 is 0 Å². The van der Waals surface area contributed by atoms with Gasteiger partial charge in [0.15, 0.2) is 23.0 Å². The van der Waals surface area contributed by atoms with Gasteiger partial charge >= 0.3 is 12.4 Å². The van der Waals surface area contributed by atoms with E-state index in [0.29, 0.717) is 43.1 Å². The number of rotatable bonds is 5. The Morgan fingerprint density at radius 1 is 0.690 bits per heavy atom. The number of nitrogens with zero attached hydrogens (tertiary/aromatic N) is 6. The number of alkyl halides is 6. The summed E-state index contributed by atoms with van der Waals surface area (Å²) in [6.45, 7) is 0. The molecule has 4 N–H and O–H groups in total. The van der Waals surface area contributed by atoms with Crippen LogP contribution in [0.4, 0.5) is 46.8 Å². The Kier molecular flexibility index (Phi) is 8.22. The number of nitrogens with two attached hydrogens (primary N) is 2. The third-order valence-electron chi connectivity index (χ3n) is 5.28. The molecule has 0 fully saturated rings. The Hall–Kier alpha value is -3.84. The second kappa shape index (κ2) is 11.1. The zero-order valence-electron chi connectivity index (χ0n) is 19.7. The van der Waals surface area contributed by atoms with Crippen molar-refractivity contribution in [1.82, 2.24) is 19.6 Å². The maximum Gasteiger partial charge on any atom is 0.416 e. The number of nitriles is 2. The third-order valence-corrected chi connectivity index (χ3v) is 8.33. The average molecular weight is 671 g/mol. The Labute approximate surface area is 246 Å². The van der Waals surface area contributed by atoms with Gasteiger partial charge in [0.2, 0.25) is 0 Å². The number of nitrogen functional groups attached to an aromatic ring is 2. The van der Waals surface area contributed by atoms with Crippen LogP contribution in [0, 0.1) is 34.3 Å². The first-order chi connectivity index (χ1) is 19.5. The molecule has 218 valence electrons. The van der Waals surface area contributed by atoms with Gasteiger partial charge in [-0.25, -0.2) is 18.1 Å². The lowest BCUT2D eigenvalue weighted by Gasteiger charge is -2.12. The first-order valence-electron chi connectivity index (χ1n) is 10.5. The largest absolute Gasteiger partial charge is 0.416 e. The highest BCUT2D eigenvalue weighted by atomic mass is 35.5. The van der Waals surface area contributed by atoms with Crippen LogP contribution in [0.2, 0.25) is 10.0 Å². The van der Waals surface area contributed by atoms with Crippen molar-refractivity contribution in [2.24, 2.45) is 0 Å². The predicted molar refractivity (Wildman–Crippen MR) is 137 cm³/mol. The lowest BCUT2D eigenvalue weighted by Crippen LogP contribution is -2.10. The molecular formula is C22H8Cl2F8N8S2. The Bertz CT molecular complexity index is 1640. The van der Waals surface area contributed by atoms with E-state index in [9.17, 15) is 45.6 Å². The third kappa shape index (κ3) is 5.62. The average Bonchev–Trinajstić information content (AvgIpc) is 3.36. The van der Waals surface area contributed by atoms with E-state index in [1.807, 2.05) is 0 Å². The molecule has 8 nitrogen and oxygen atoms in total. The fourth-order valence-electron chi connectivity index (χ4n) is 3.43. The smallest absolute Gasteiger partial charge is 0.383 e. The van der Waals surface area contributed by atoms with Crippen molar-refractivity contribution in [3.8, 4) is 23.5 Å². The minimum atomic E-state index is -4.91. The molecule has 0 saturated heterocycles. The van der Waals surface area contributed by atoms with E-state index in [2.05, 4.69) is 10.2 Å². The van der Waals surface area contributed by atoms with Crippen LogP contribution in [0.5, 0.6) is 0 Å². The minimum absolute atomic E-state index is 0.160. The molecule has 20 heteroatoms. The van der Waals surface area contributed by atoms with Gasteiger partial charge < -0.3 is 11.5 Å². The van der Waals surface area contributed by atoms with Gasteiger partial charge in [0.1, 0.15) is 35.1 Å². The van der Waals surface area contributed by atoms with E-state index in [0.717, 1.165) is 0 Å².